The van der Waals surface area contributed by atoms with Crippen LogP contribution in [0.4, 0.5) is 5.13 Å². The summed E-state index contributed by atoms with van der Waals surface area (Å²) in [4.78, 5) is 38.3. The molecule has 1 aliphatic rings. The van der Waals surface area contributed by atoms with Crippen LogP contribution < -0.4 is 10.2 Å². The molecule has 1 saturated heterocycles. The van der Waals surface area contributed by atoms with E-state index in [4.69, 9.17) is 4.42 Å². The minimum atomic E-state index is -0.145. The van der Waals surface area contributed by atoms with E-state index in [-0.39, 0.29) is 24.7 Å². The second kappa shape index (κ2) is 8.60. The van der Waals surface area contributed by atoms with Crippen LogP contribution in [0.1, 0.15) is 24.4 Å². The Balaban J connectivity index is 1.21. The number of nitrogens with one attached hydrogen (secondary N) is 1. The number of hydrogen-bond donors (Lipinski definition) is 1. The SMILES string of the molecule is Cc1ccc(CNC(=O)CCC(=O)N2CCN(c3nc4cccnc4s3)CC2)o1. The first kappa shape index (κ1) is 19.4. The van der Waals surface area contributed by atoms with Crippen molar-refractivity contribution in [1.29, 1.82) is 0 Å². The highest BCUT2D eigenvalue weighted by Crippen LogP contribution is 2.27. The van der Waals surface area contributed by atoms with Crippen molar-refractivity contribution in [3.63, 3.8) is 0 Å². The number of hydrogen-bond acceptors (Lipinski definition) is 7. The first-order chi connectivity index (χ1) is 14.1. The van der Waals surface area contributed by atoms with Crippen LogP contribution in [0.15, 0.2) is 34.9 Å². The molecule has 0 radical (unpaired) electrons. The molecule has 1 fully saturated rings. The molecule has 29 heavy (non-hydrogen) atoms. The molecule has 0 atom stereocenters. The third kappa shape index (κ3) is 4.73. The summed E-state index contributed by atoms with van der Waals surface area (Å²) in [7, 11) is 0. The second-order valence-corrected chi connectivity index (χ2v) is 7.94. The highest BCUT2D eigenvalue weighted by Gasteiger charge is 2.23. The third-order valence-electron chi connectivity index (χ3n) is 4.88. The molecular formula is C20H23N5O3S. The number of aromatic nitrogens is 2. The first-order valence-corrected chi connectivity index (χ1v) is 10.5. The average Bonchev–Trinajstić information content (AvgIpc) is 3.36. The molecule has 152 valence electrons. The zero-order chi connectivity index (χ0) is 20.2. The van der Waals surface area contributed by atoms with Gasteiger partial charge in [0.05, 0.1) is 6.54 Å². The van der Waals surface area contributed by atoms with Gasteiger partial charge in [-0.3, -0.25) is 9.59 Å². The maximum atomic E-state index is 12.5. The number of nitrogens with zero attached hydrogens (tertiary/aromatic N) is 4. The van der Waals surface area contributed by atoms with E-state index in [0.29, 0.717) is 25.4 Å². The molecule has 8 nitrogen and oxygen atoms in total. The van der Waals surface area contributed by atoms with Gasteiger partial charge in [0.1, 0.15) is 21.9 Å². The first-order valence-electron chi connectivity index (χ1n) is 9.65. The lowest BCUT2D eigenvalue weighted by atomic mass is 10.2. The van der Waals surface area contributed by atoms with Gasteiger partial charge in [-0.05, 0) is 31.2 Å². The lowest BCUT2D eigenvalue weighted by molar-refractivity contribution is -0.133. The monoisotopic (exact) mass is 413 g/mol. The van der Waals surface area contributed by atoms with E-state index in [1.165, 1.54) is 0 Å². The quantitative estimate of drug-likeness (QED) is 0.667. The van der Waals surface area contributed by atoms with Gasteiger partial charge in [0.25, 0.3) is 0 Å². The number of anilines is 1. The maximum Gasteiger partial charge on any atom is 0.223 e. The molecule has 9 heteroatoms. The Morgan fingerprint density at radius 1 is 1.17 bits per heavy atom. The van der Waals surface area contributed by atoms with Gasteiger partial charge in [0.2, 0.25) is 11.8 Å². The standard InChI is InChI=1S/C20H23N5O3S/c1-14-4-5-15(28-14)13-22-17(26)6-7-18(27)24-9-11-25(12-10-24)20-23-16-3-2-8-21-19(16)29-20/h2-5,8H,6-7,9-13H2,1H3,(H,22,26). The van der Waals surface area contributed by atoms with Gasteiger partial charge in [-0.15, -0.1) is 0 Å². The van der Waals surface area contributed by atoms with E-state index in [0.717, 1.165) is 34.3 Å². The van der Waals surface area contributed by atoms with Gasteiger partial charge in [0, 0.05) is 45.2 Å². The number of carbonyl (C=O) groups excluding carboxylic acids is 2. The summed E-state index contributed by atoms with van der Waals surface area (Å²) in [5.41, 5.74) is 0.904. The van der Waals surface area contributed by atoms with Crippen LogP contribution in [0.25, 0.3) is 10.3 Å². The predicted molar refractivity (Wildman–Crippen MR) is 111 cm³/mol. The van der Waals surface area contributed by atoms with Crippen molar-refractivity contribution < 1.29 is 14.0 Å². The summed E-state index contributed by atoms with van der Waals surface area (Å²) in [6, 6.07) is 7.53. The average molecular weight is 414 g/mol. The number of furan rings is 1. The van der Waals surface area contributed by atoms with E-state index < -0.39 is 0 Å². The zero-order valence-corrected chi connectivity index (χ0v) is 17.1. The normalized spacial score (nSPS) is 14.4. The predicted octanol–water partition coefficient (Wildman–Crippen LogP) is 2.34. The van der Waals surface area contributed by atoms with Crippen LogP contribution in [0.3, 0.4) is 0 Å². The van der Waals surface area contributed by atoms with E-state index in [2.05, 4.69) is 20.2 Å². The van der Waals surface area contributed by atoms with Crippen molar-refractivity contribution in [2.24, 2.45) is 0 Å². The van der Waals surface area contributed by atoms with Crippen LogP contribution in [-0.2, 0) is 16.1 Å². The number of piperazine rings is 1. The highest BCUT2D eigenvalue weighted by atomic mass is 32.1. The molecule has 0 aromatic carbocycles. The fraction of sp³-hybridized carbons (Fsp3) is 0.400. The molecule has 0 spiro atoms. The molecular weight excluding hydrogens is 390 g/mol. The fourth-order valence-corrected chi connectivity index (χ4v) is 4.23. The molecule has 4 rings (SSSR count). The summed E-state index contributed by atoms with van der Waals surface area (Å²) >= 11 is 1.57. The Kier molecular flexibility index (Phi) is 5.75. The van der Waals surface area contributed by atoms with Gasteiger partial charge in [-0.25, -0.2) is 9.97 Å². The number of carbonyl (C=O) groups is 2. The molecule has 0 saturated carbocycles. The molecule has 2 amide bonds. The zero-order valence-electron chi connectivity index (χ0n) is 16.3. The van der Waals surface area contributed by atoms with Gasteiger partial charge in [-0.1, -0.05) is 11.3 Å². The van der Waals surface area contributed by atoms with Crippen LogP contribution in [0.2, 0.25) is 0 Å². The van der Waals surface area contributed by atoms with E-state index in [9.17, 15) is 9.59 Å². The summed E-state index contributed by atoms with van der Waals surface area (Å²) in [6.45, 7) is 4.93. The summed E-state index contributed by atoms with van der Waals surface area (Å²) < 4.78 is 5.42. The molecule has 0 unspecified atom stereocenters. The van der Waals surface area contributed by atoms with Gasteiger partial charge >= 0.3 is 0 Å². The van der Waals surface area contributed by atoms with E-state index in [1.807, 2.05) is 36.1 Å². The lowest BCUT2D eigenvalue weighted by Crippen LogP contribution is -2.48. The molecule has 1 aliphatic heterocycles. The number of pyridine rings is 1. The van der Waals surface area contributed by atoms with Crippen molar-refractivity contribution in [1.82, 2.24) is 20.2 Å². The van der Waals surface area contributed by atoms with Crippen molar-refractivity contribution in [3.05, 3.63) is 42.0 Å². The Hall–Kier alpha value is -2.94. The Bertz CT molecular complexity index is 973. The number of thiazole rings is 1. The minimum absolute atomic E-state index is 0.0135. The molecule has 4 heterocycles. The minimum Gasteiger partial charge on any atom is -0.465 e. The van der Waals surface area contributed by atoms with Crippen LogP contribution in [-0.4, -0.2) is 52.9 Å². The van der Waals surface area contributed by atoms with E-state index in [1.54, 1.807) is 17.5 Å². The summed E-state index contributed by atoms with van der Waals surface area (Å²) in [5.74, 6) is 1.39. The second-order valence-electron chi connectivity index (χ2n) is 6.98. The van der Waals surface area contributed by atoms with E-state index >= 15 is 0 Å². The van der Waals surface area contributed by atoms with Crippen molar-refractivity contribution in [2.75, 3.05) is 31.1 Å². The molecule has 3 aromatic heterocycles. The van der Waals surface area contributed by atoms with Crippen LogP contribution in [0, 0.1) is 6.92 Å². The summed E-state index contributed by atoms with van der Waals surface area (Å²) in [5, 5.41) is 3.73. The lowest BCUT2D eigenvalue weighted by Gasteiger charge is -2.34. The molecule has 1 N–H and O–H groups in total. The highest BCUT2D eigenvalue weighted by molar-refractivity contribution is 7.21. The van der Waals surface area contributed by atoms with Crippen LogP contribution in [0.5, 0.6) is 0 Å². The third-order valence-corrected chi connectivity index (χ3v) is 5.92. The van der Waals surface area contributed by atoms with Gasteiger partial charge in [-0.2, -0.15) is 0 Å². The smallest absolute Gasteiger partial charge is 0.223 e. The number of rotatable bonds is 6. The number of amides is 2. The summed E-state index contributed by atoms with van der Waals surface area (Å²) in [6.07, 6.45) is 2.17. The maximum absolute atomic E-state index is 12.5. The largest absolute Gasteiger partial charge is 0.465 e. The van der Waals surface area contributed by atoms with Crippen molar-refractivity contribution in [2.45, 2.75) is 26.3 Å². The van der Waals surface area contributed by atoms with Crippen LogP contribution >= 0.6 is 11.3 Å². The molecule has 0 bridgehead atoms. The Morgan fingerprint density at radius 2 is 2.00 bits per heavy atom. The number of aryl methyl sites for hydroxylation is 1. The van der Waals surface area contributed by atoms with Gasteiger partial charge in [0.15, 0.2) is 5.13 Å². The number of fused-ring (bicyclic) bond motifs is 1. The molecule has 3 aromatic rings. The fourth-order valence-electron chi connectivity index (χ4n) is 3.27. The van der Waals surface area contributed by atoms with Gasteiger partial charge < -0.3 is 19.5 Å². The Morgan fingerprint density at radius 3 is 2.72 bits per heavy atom. The van der Waals surface area contributed by atoms with Crippen molar-refractivity contribution >= 4 is 38.6 Å². The molecule has 0 aliphatic carbocycles. The Labute approximate surface area is 172 Å². The van der Waals surface area contributed by atoms with Crippen molar-refractivity contribution in [3.8, 4) is 0 Å². The topological polar surface area (TPSA) is 91.6 Å².